The maximum Gasteiger partial charge on any atom is 0.417 e. The fraction of sp³-hybridized carbons (Fsp3) is 0.200. The highest BCUT2D eigenvalue weighted by Gasteiger charge is 2.34. The van der Waals surface area contributed by atoms with Crippen LogP contribution in [0.3, 0.4) is 0 Å². The molecule has 0 heterocycles. The second kappa shape index (κ2) is 6.10. The Labute approximate surface area is 126 Å². The summed E-state index contributed by atoms with van der Waals surface area (Å²) in [5.41, 5.74) is -0.215. The minimum Gasteiger partial charge on any atom is -0.265 e. The number of alkyl halides is 3. The van der Waals surface area contributed by atoms with E-state index in [2.05, 4.69) is 4.18 Å². The van der Waals surface area contributed by atoms with E-state index < -0.39 is 28.5 Å². The zero-order valence-electron chi connectivity index (χ0n) is 11.6. The van der Waals surface area contributed by atoms with Crippen molar-refractivity contribution >= 4 is 10.1 Å². The molecule has 0 unspecified atom stereocenters. The number of benzene rings is 2. The zero-order chi connectivity index (χ0) is 16.4. The Bertz CT molecular complexity index is 753. The van der Waals surface area contributed by atoms with Gasteiger partial charge in [-0.05, 0) is 22.8 Å². The molecule has 0 fully saturated rings. The third-order valence-corrected chi connectivity index (χ3v) is 3.46. The van der Waals surface area contributed by atoms with E-state index in [0.717, 1.165) is 12.3 Å². The molecular weight excluding hydrogens is 317 g/mol. The summed E-state index contributed by atoms with van der Waals surface area (Å²) < 4.78 is 66.1. The molecule has 0 aromatic heterocycles. The Hall–Kier alpha value is -1.86. The number of hydrogen-bond acceptors (Lipinski definition) is 3. The molecule has 22 heavy (non-hydrogen) atoms. The van der Waals surface area contributed by atoms with Gasteiger partial charge in [0.2, 0.25) is 0 Å². The first-order valence-corrected chi connectivity index (χ1v) is 8.08. The van der Waals surface area contributed by atoms with Gasteiger partial charge < -0.3 is 0 Å². The summed E-state index contributed by atoms with van der Waals surface area (Å²) in [6.45, 7) is -0.434. The van der Waals surface area contributed by atoms with Crippen molar-refractivity contribution < 1.29 is 25.8 Å². The maximum atomic E-state index is 13.2. The second-order valence-electron chi connectivity index (χ2n) is 4.71. The first-order chi connectivity index (χ1) is 10.2. The van der Waals surface area contributed by atoms with Crippen LogP contribution in [0.2, 0.25) is 0 Å². The molecular formula is C15H13F3O3S. The molecule has 0 aliphatic rings. The number of rotatable bonds is 4. The van der Waals surface area contributed by atoms with Gasteiger partial charge in [0.15, 0.2) is 0 Å². The number of hydrogen-bond donors (Lipinski definition) is 0. The molecule has 0 N–H and O–H groups in total. The van der Waals surface area contributed by atoms with E-state index in [1.807, 2.05) is 0 Å². The summed E-state index contributed by atoms with van der Waals surface area (Å²) in [6.07, 6.45) is -3.71. The molecule has 0 saturated heterocycles. The first kappa shape index (κ1) is 16.5. The van der Waals surface area contributed by atoms with Crippen LogP contribution in [0.5, 0.6) is 0 Å². The lowest BCUT2D eigenvalue weighted by Gasteiger charge is -2.15. The van der Waals surface area contributed by atoms with E-state index in [1.165, 1.54) is 12.1 Å². The van der Waals surface area contributed by atoms with Crippen LogP contribution in [-0.2, 0) is 27.1 Å². The zero-order valence-corrected chi connectivity index (χ0v) is 12.4. The minimum atomic E-state index is -4.55. The van der Waals surface area contributed by atoms with E-state index in [1.54, 1.807) is 30.3 Å². The van der Waals surface area contributed by atoms with Crippen LogP contribution < -0.4 is 0 Å². The molecule has 0 amide bonds. The minimum absolute atomic E-state index is 0.0382. The normalized spacial score (nSPS) is 12.4. The van der Waals surface area contributed by atoms with E-state index >= 15 is 0 Å². The Kier molecular flexibility index (Phi) is 4.58. The van der Waals surface area contributed by atoms with Gasteiger partial charge >= 0.3 is 6.18 Å². The van der Waals surface area contributed by atoms with Gasteiger partial charge in [-0.25, -0.2) is 0 Å². The average molecular weight is 330 g/mol. The van der Waals surface area contributed by atoms with E-state index in [0.29, 0.717) is 5.56 Å². The lowest BCUT2D eigenvalue weighted by molar-refractivity contribution is -0.137. The highest BCUT2D eigenvalue weighted by atomic mass is 32.2. The molecule has 0 aliphatic carbocycles. The summed E-state index contributed by atoms with van der Waals surface area (Å²) in [7, 11) is -3.71. The average Bonchev–Trinajstić information content (AvgIpc) is 2.44. The van der Waals surface area contributed by atoms with Crippen molar-refractivity contribution in [1.82, 2.24) is 0 Å². The third kappa shape index (κ3) is 4.32. The van der Waals surface area contributed by atoms with Gasteiger partial charge in [0, 0.05) is 0 Å². The smallest absolute Gasteiger partial charge is 0.265 e. The predicted octanol–water partition coefficient (Wildman–Crippen LogP) is 3.85. The Balaban J connectivity index is 2.44. The van der Waals surface area contributed by atoms with E-state index in [9.17, 15) is 21.6 Å². The molecule has 7 heteroatoms. The van der Waals surface area contributed by atoms with Crippen molar-refractivity contribution in [3.63, 3.8) is 0 Å². The van der Waals surface area contributed by atoms with Crippen LogP contribution in [0, 0.1) is 0 Å². The molecule has 118 valence electrons. The lowest BCUT2D eigenvalue weighted by atomic mass is 9.97. The van der Waals surface area contributed by atoms with Crippen LogP contribution in [0.4, 0.5) is 13.2 Å². The quantitative estimate of drug-likeness (QED) is 0.800. The largest absolute Gasteiger partial charge is 0.417 e. The topological polar surface area (TPSA) is 43.4 Å². The third-order valence-electron chi connectivity index (χ3n) is 2.91. The van der Waals surface area contributed by atoms with Crippen molar-refractivity contribution in [2.75, 3.05) is 6.26 Å². The summed E-state index contributed by atoms with van der Waals surface area (Å²) in [4.78, 5) is 0. The van der Waals surface area contributed by atoms with Crippen LogP contribution in [-0.4, -0.2) is 14.7 Å². The molecule has 0 atom stereocenters. The lowest BCUT2D eigenvalue weighted by Crippen LogP contribution is -2.09. The molecule has 0 saturated carbocycles. The summed E-state index contributed by atoms with van der Waals surface area (Å²) in [5, 5.41) is 0. The predicted molar refractivity (Wildman–Crippen MR) is 76.5 cm³/mol. The van der Waals surface area contributed by atoms with Gasteiger partial charge in [-0.1, -0.05) is 42.5 Å². The molecule has 2 aromatic rings. The fourth-order valence-electron chi connectivity index (χ4n) is 1.96. The van der Waals surface area contributed by atoms with Crippen LogP contribution in [0.25, 0.3) is 11.1 Å². The molecule has 3 nitrogen and oxygen atoms in total. The highest BCUT2D eigenvalue weighted by Crippen LogP contribution is 2.37. The molecule has 2 rings (SSSR count). The van der Waals surface area contributed by atoms with Crippen molar-refractivity contribution in [2.24, 2.45) is 0 Å². The molecule has 0 radical (unpaired) electrons. The van der Waals surface area contributed by atoms with Gasteiger partial charge in [0.05, 0.1) is 18.4 Å². The van der Waals surface area contributed by atoms with Crippen molar-refractivity contribution in [3.8, 4) is 11.1 Å². The molecule has 0 aliphatic heterocycles. The Morgan fingerprint density at radius 2 is 1.68 bits per heavy atom. The monoisotopic (exact) mass is 330 g/mol. The standard InChI is InChI=1S/C15H13F3O3S/c1-22(19,20)21-10-11-7-8-13(12-5-3-2-4-6-12)14(9-11)15(16,17)18/h2-9H,10H2,1H3. The van der Waals surface area contributed by atoms with E-state index in [-0.39, 0.29) is 11.1 Å². The van der Waals surface area contributed by atoms with Crippen molar-refractivity contribution in [3.05, 3.63) is 59.7 Å². The molecule has 2 aromatic carbocycles. The molecule has 0 bridgehead atoms. The summed E-state index contributed by atoms with van der Waals surface area (Å²) in [6, 6.07) is 11.8. The van der Waals surface area contributed by atoms with Gasteiger partial charge in [0.1, 0.15) is 0 Å². The second-order valence-corrected chi connectivity index (χ2v) is 6.35. The molecule has 0 spiro atoms. The van der Waals surface area contributed by atoms with Crippen LogP contribution >= 0.6 is 0 Å². The van der Waals surface area contributed by atoms with Crippen LogP contribution in [0.1, 0.15) is 11.1 Å². The van der Waals surface area contributed by atoms with E-state index in [4.69, 9.17) is 0 Å². The van der Waals surface area contributed by atoms with Gasteiger partial charge in [-0.2, -0.15) is 21.6 Å². The highest BCUT2D eigenvalue weighted by molar-refractivity contribution is 7.85. The first-order valence-electron chi connectivity index (χ1n) is 6.27. The Morgan fingerprint density at radius 1 is 1.05 bits per heavy atom. The van der Waals surface area contributed by atoms with Crippen molar-refractivity contribution in [2.45, 2.75) is 12.8 Å². The van der Waals surface area contributed by atoms with Crippen LogP contribution in [0.15, 0.2) is 48.5 Å². The fourth-order valence-corrected chi connectivity index (χ4v) is 2.31. The van der Waals surface area contributed by atoms with Gasteiger partial charge in [-0.15, -0.1) is 0 Å². The Morgan fingerprint density at radius 3 is 2.23 bits per heavy atom. The van der Waals surface area contributed by atoms with Crippen molar-refractivity contribution in [1.29, 1.82) is 0 Å². The SMILES string of the molecule is CS(=O)(=O)OCc1ccc(-c2ccccc2)c(C(F)(F)F)c1. The summed E-state index contributed by atoms with van der Waals surface area (Å²) in [5.74, 6) is 0. The van der Waals surface area contributed by atoms with Gasteiger partial charge in [-0.3, -0.25) is 4.18 Å². The number of halogens is 3. The summed E-state index contributed by atoms with van der Waals surface area (Å²) >= 11 is 0. The maximum absolute atomic E-state index is 13.2. The van der Waals surface area contributed by atoms with Gasteiger partial charge in [0.25, 0.3) is 10.1 Å².